The van der Waals surface area contributed by atoms with Crippen molar-refractivity contribution in [3.8, 4) is 0 Å². The molecule has 5 nitrogen and oxygen atoms in total. The molecule has 1 fully saturated rings. The van der Waals surface area contributed by atoms with Crippen molar-refractivity contribution in [3.05, 3.63) is 0 Å². The second-order valence-electron chi connectivity index (χ2n) is 3.49. The Morgan fingerprint density at radius 2 is 2.14 bits per heavy atom. The van der Waals surface area contributed by atoms with Gasteiger partial charge < -0.3 is 5.11 Å². The summed E-state index contributed by atoms with van der Waals surface area (Å²) in [6, 6.07) is -0.671. The molecular formula is C9H10N2O3. The third kappa shape index (κ3) is 1.45. The van der Waals surface area contributed by atoms with E-state index in [-0.39, 0.29) is 11.6 Å². The minimum absolute atomic E-state index is 0.0281. The SMILES string of the molecule is O=C1N=C2CCCCC2C(C(=O)O)=N1. The molecule has 14 heavy (non-hydrogen) atoms. The summed E-state index contributed by atoms with van der Waals surface area (Å²) in [6.45, 7) is 0. The van der Waals surface area contributed by atoms with Gasteiger partial charge in [-0.15, -0.1) is 0 Å². The molecule has 1 unspecified atom stereocenters. The van der Waals surface area contributed by atoms with Gasteiger partial charge in [0.05, 0.1) is 0 Å². The lowest BCUT2D eigenvalue weighted by atomic mass is 9.83. The van der Waals surface area contributed by atoms with E-state index in [0.29, 0.717) is 5.71 Å². The number of hydrogen-bond donors (Lipinski definition) is 1. The third-order valence-corrected chi connectivity index (χ3v) is 2.58. The number of aliphatic carboxylic acids is 1. The van der Waals surface area contributed by atoms with Gasteiger partial charge in [0.1, 0.15) is 5.71 Å². The van der Waals surface area contributed by atoms with Crippen LogP contribution in [0.4, 0.5) is 4.79 Å². The van der Waals surface area contributed by atoms with Crippen molar-refractivity contribution in [1.29, 1.82) is 0 Å². The first-order valence-corrected chi connectivity index (χ1v) is 4.62. The molecular weight excluding hydrogens is 184 g/mol. The van der Waals surface area contributed by atoms with E-state index in [9.17, 15) is 9.59 Å². The maximum absolute atomic E-state index is 11.0. The van der Waals surface area contributed by atoms with Gasteiger partial charge >= 0.3 is 12.0 Å². The fraction of sp³-hybridized carbons (Fsp3) is 0.556. The molecule has 2 rings (SSSR count). The van der Waals surface area contributed by atoms with E-state index in [1.54, 1.807) is 0 Å². The summed E-state index contributed by atoms with van der Waals surface area (Å²) in [5.74, 6) is -1.32. The number of carboxylic acid groups (broad SMARTS) is 1. The van der Waals surface area contributed by atoms with E-state index in [0.717, 1.165) is 25.7 Å². The maximum atomic E-state index is 11.0. The van der Waals surface area contributed by atoms with Gasteiger partial charge in [-0.25, -0.2) is 14.6 Å². The number of carboxylic acids is 1. The molecule has 0 aromatic carbocycles. The molecule has 2 aliphatic rings. The molecule has 1 aliphatic heterocycles. The van der Waals surface area contributed by atoms with Crippen LogP contribution in [0.1, 0.15) is 25.7 Å². The Bertz CT molecular complexity index is 357. The molecule has 0 bridgehead atoms. The van der Waals surface area contributed by atoms with Crippen molar-refractivity contribution < 1.29 is 14.7 Å². The van der Waals surface area contributed by atoms with E-state index >= 15 is 0 Å². The fourth-order valence-corrected chi connectivity index (χ4v) is 1.95. The van der Waals surface area contributed by atoms with E-state index in [4.69, 9.17) is 5.11 Å². The van der Waals surface area contributed by atoms with Gasteiger partial charge in [-0.05, 0) is 19.3 Å². The normalized spacial score (nSPS) is 26.3. The zero-order chi connectivity index (χ0) is 10.1. The van der Waals surface area contributed by atoms with Crippen LogP contribution in [0.15, 0.2) is 9.98 Å². The van der Waals surface area contributed by atoms with Crippen LogP contribution in [0.3, 0.4) is 0 Å². The van der Waals surface area contributed by atoms with Crippen molar-refractivity contribution in [3.63, 3.8) is 0 Å². The molecule has 1 saturated carbocycles. The number of fused-ring (bicyclic) bond motifs is 1. The summed E-state index contributed by atoms with van der Waals surface area (Å²) >= 11 is 0. The number of urea groups is 1. The van der Waals surface area contributed by atoms with Crippen LogP contribution in [0.2, 0.25) is 0 Å². The predicted molar refractivity (Wildman–Crippen MR) is 49.9 cm³/mol. The van der Waals surface area contributed by atoms with Gasteiger partial charge in [-0.2, -0.15) is 4.99 Å². The minimum atomic E-state index is -1.10. The lowest BCUT2D eigenvalue weighted by Crippen LogP contribution is -2.36. The lowest BCUT2D eigenvalue weighted by molar-refractivity contribution is -0.129. The fourth-order valence-electron chi connectivity index (χ4n) is 1.95. The van der Waals surface area contributed by atoms with Gasteiger partial charge in [-0.1, -0.05) is 6.42 Å². The molecule has 0 aromatic heterocycles. The van der Waals surface area contributed by atoms with Gasteiger partial charge in [0.2, 0.25) is 0 Å². The molecule has 2 amide bonds. The number of rotatable bonds is 1. The third-order valence-electron chi connectivity index (χ3n) is 2.58. The highest BCUT2D eigenvalue weighted by molar-refractivity contribution is 6.43. The number of aliphatic imine (C=N–C) groups is 2. The van der Waals surface area contributed by atoms with Gasteiger partial charge in [0.25, 0.3) is 0 Å². The summed E-state index contributed by atoms with van der Waals surface area (Å²) in [6.07, 6.45) is 3.43. The molecule has 1 aliphatic carbocycles. The number of carbonyl (C=O) groups excluding carboxylic acids is 1. The predicted octanol–water partition coefficient (Wildman–Crippen LogP) is 1.28. The Balaban J connectivity index is 2.34. The number of amides is 2. The Hall–Kier alpha value is -1.52. The average Bonchev–Trinajstić information content (AvgIpc) is 2.16. The Morgan fingerprint density at radius 3 is 2.86 bits per heavy atom. The van der Waals surface area contributed by atoms with Crippen molar-refractivity contribution >= 4 is 23.4 Å². The molecule has 1 N–H and O–H groups in total. The quantitative estimate of drug-likeness (QED) is 0.682. The number of nitrogens with zero attached hydrogens (tertiary/aromatic N) is 2. The van der Waals surface area contributed by atoms with Crippen LogP contribution in [0.5, 0.6) is 0 Å². The Kier molecular flexibility index (Phi) is 2.15. The van der Waals surface area contributed by atoms with Crippen molar-refractivity contribution in [2.75, 3.05) is 0 Å². The topological polar surface area (TPSA) is 79.1 Å². The summed E-state index contributed by atoms with van der Waals surface area (Å²) in [5.41, 5.74) is 0.674. The van der Waals surface area contributed by atoms with E-state index < -0.39 is 12.0 Å². The standard InChI is InChI=1S/C9H10N2O3/c12-8(13)7-5-3-1-2-4-6(5)10-9(14)11-7/h5H,1-4H2,(H,12,13). The number of carbonyl (C=O) groups is 2. The van der Waals surface area contributed by atoms with Crippen LogP contribution >= 0.6 is 0 Å². The van der Waals surface area contributed by atoms with Crippen LogP contribution in [0, 0.1) is 5.92 Å². The van der Waals surface area contributed by atoms with E-state index in [2.05, 4.69) is 9.98 Å². The smallest absolute Gasteiger partial charge is 0.367 e. The van der Waals surface area contributed by atoms with Crippen LogP contribution < -0.4 is 0 Å². The Labute approximate surface area is 80.6 Å². The molecule has 1 atom stereocenters. The van der Waals surface area contributed by atoms with Crippen molar-refractivity contribution in [2.24, 2.45) is 15.9 Å². The molecule has 1 heterocycles. The van der Waals surface area contributed by atoms with Gasteiger partial charge in [0.15, 0.2) is 0 Å². The lowest BCUT2D eigenvalue weighted by Gasteiger charge is -2.25. The highest BCUT2D eigenvalue weighted by Gasteiger charge is 2.33. The highest BCUT2D eigenvalue weighted by Crippen LogP contribution is 2.26. The summed E-state index contributed by atoms with van der Waals surface area (Å²) in [4.78, 5) is 29.0. The van der Waals surface area contributed by atoms with Crippen LogP contribution in [-0.4, -0.2) is 28.5 Å². The zero-order valence-corrected chi connectivity index (χ0v) is 7.56. The first-order chi connectivity index (χ1) is 6.68. The average molecular weight is 194 g/mol. The maximum Gasteiger partial charge on any atom is 0.367 e. The first-order valence-electron chi connectivity index (χ1n) is 4.62. The van der Waals surface area contributed by atoms with E-state index in [1.807, 2.05) is 0 Å². The van der Waals surface area contributed by atoms with Gasteiger partial charge in [-0.3, -0.25) is 0 Å². The zero-order valence-electron chi connectivity index (χ0n) is 7.56. The summed E-state index contributed by atoms with van der Waals surface area (Å²) < 4.78 is 0. The summed E-state index contributed by atoms with van der Waals surface area (Å²) in [7, 11) is 0. The second-order valence-corrected chi connectivity index (χ2v) is 3.49. The van der Waals surface area contributed by atoms with Gasteiger partial charge in [0, 0.05) is 11.6 Å². The molecule has 0 radical (unpaired) electrons. The molecule has 74 valence electrons. The summed E-state index contributed by atoms with van der Waals surface area (Å²) in [5, 5.41) is 8.86. The second kappa shape index (κ2) is 3.32. The van der Waals surface area contributed by atoms with Crippen molar-refractivity contribution in [2.45, 2.75) is 25.7 Å². The number of hydrogen-bond acceptors (Lipinski definition) is 2. The molecule has 5 heteroatoms. The largest absolute Gasteiger partial charge is 0.477 e. The van der Waals surface area contributed by atoms with E-state index in [1.165, 1.54) is 0 Å². The molecule has 0 saturated heterocycles. The van der Waals surface area contributed by atoms with Crippen molar-refractivity contribution in [1.82, 2.24) is 0 Å². The highest BCUT2D eigenvalue weighted by atomic mass is 16.4. The first kappa shape index (κ1) is 9.05. The molecule has 0 spiro atoms. The monoisotopic (exact) mass is 194 g/mol. The van der Waals surface area contributed by atoms with Crippen LogP contribution in [0.25, 0.3) is 0 Å². The Morgan fingerprint density at radius 1 is 1.36 bits per heavy atom. The minimum Gasteiger partial charge on any atom is -0.477 e. The molecule has 0 aromatic rings. The van der Waals surface area contributed by atoms with Crippen LogP contribution in [-0.2, 0) is 4.79 Å².